The number of nitrogens with zero attached hydrogens (tertiary/aromatic N) is 4. The third-order valence-electron chi connectivity index (χ3n) is 9.19. The minimum absolute atomic E-state index is 0.151. The van der Waals surface area contributed by atoms with E-state index in [0.29, 0.717) is 17.5 Å². The summed E-state index contributed by atoms with van der Waals surface area (Å²) in [5.41, 5.74) is 12.6. The van der Waals surface area contributed by atoms with Crippen molar-refractivity contribution in [2.45, 2.75) is 19.3 Å². The SMILES string of the molecule is CC1(C)c2ccc(-c3cccc(-c4ccc(-c5nc(-c6ccccc6)nc(-c6ccccc6)n5)cc4)c3)cc2-c2c(C#N)cccc21. The number of nitriles is 1. The van der Waals surface area contributed by atoms with Crippen LogP contribution in [0, 0.1) is 11.3 Å². The van der Waals surface area contributed by atoms with Crippen LogP contribution < -0.4 is 0 Å². The Hall–Kier alpha value is -6.18. The molecule has 0 bridgehead atoms. The summed E-state index contributed by atoms with van der Waals surface area (Å²) in [5.74, 6) is 1.93. The van der Waals surface area contributed by atoms with Crippen molar-refractivity contribution in [3.05, 3.63) is 162 Å². The molecular weight excluding hydrogens is 573 g/mol. The van der Waals surface area contributed by atoms with E-state index < -0.39 is 0 Å². The van der Waals surface area contributed by atoms with E-state index in [-0.39, 0.29) is 5.41 Å². The highest BCUT2D eigenvalue weighted by Crippen LogP contribution is 2.50. The highest BCUT2D eigenvalue weighted by Gasteiger charge is 2.36. The molecule has 4 heteroatoms. The maximum atomic E-state index is 9.91. The van der Waals surface area contributed by atoms with E-state index >= 15 is 0 Å². The van der Waals surface area contributed by atoms with Gasteiger partial charge in [0.15, 0.2) is 17.5 Å². The summed E-state index contributed by atoms with van der Waals surface area (Å²) in [4.78, 5) is 14.6. The van der Waals surface area contributed by atoms with E-state index in [4.69, 9.17) is 15.0 Å². The van der Waals surface area contributed by atoms with Crippen LogP contribution >= 0.6 is 0 Å². The van der Waals surface area contributed by atoms with Gasteiger partial charge in [-0.2, -0.15) is 5.26 Å². The van der Waals surface area contributed by atoms with E-state index in [9.17, 15) is 5.26 Å². The lowest BCUT2D eigenvalue weighted by molar-refractivity contribution is 0.660. The Morgan fingerprint density at radius 1 is 0.447 bits per heavy atom. The van der Waals surface area contributed by atoms with Crippen molar-refractivity contribution < 1.29 is 0 Å². The molecule has 1 aromatic heterocycles. The van der Waals surface area contributed by atoms with Crippen LogP contribution in [-0.2, 0) is 5.41 Å². The summed E-state index contributed by atoms with van der Waals surface area (Å²) in [7, 11) is 0. The molecule has 0 fully saturated rings. The lowest BCUT2D eigenvalue weighted by Gasteiger charge is -2.21. The zero-order valence-electron chi connectivity index (χ0n) is 26.1. The standard InChI is InChI=1S/C43H30N4/c1-43(2)37-24-23-34(26-36(37)39-35(27-44)17-10-18-38(39)43)33-16-9-15-32(25-33)28-19-21-31(22-20-28)42-46-40(29-11-5-3-6-12-29)45-41(47-42)30-13-7-4-8-14-30/h3-26H,1-2H3. The number of hydrogen-bond donors (Lipinski definition) is 0. The van der Waals surface area contributed by atoms with Gasteiger partial charge in [0.2, 0.25) is 0 Å². The van der Waals surface area contributed by atoms with Gasteiger partial charge in [-0.25, -0.2) is 15.0 Å². The van der Waals surface area contributed by atoms with Crippen molar-refractivity contribution in [2.75, 3.05) is 0 Å². The molecule has 1 aliphatic carbocycles. The van der Waals surface area contributed by atoms with Crippen molar-refractivity contribution in [1.29, 1.82) is 5.26 Å². The van der Waals surface area contributed by atoms with E-state index in [1.165, 1.54) is 11.1 Å². The predicted molar refractivity (Wildman–Crippen MR) is 189 cm³/mol. The molecule has 0 amide bonds. The van der Waals surface area contributed by atoms with Gasteiger partial charge in [-0.15, -0.1) is 0 Å². The van der Waals surface area contributed by atoms with Crippen LogP contribution in [0.15, 0.2) is 146 Å². The molecule has 0 aliphatic heterocycles. The van der Waals surface area contributed by atoms with Gasteiger partial charge in [-0.05, 0) is 57.1 Å². The largest absolute Gasteiger partial charge is 0.208 e. The average molecular weight is 603 g/mol. The summed E-state index contributed by atoms with van der Waals surface area (Å²) >= 11 is 0. The summed E-state index contributed by atoms with van der Waals surface area (Å²) in [6.07, 6.45) is 0. The topological polar surface area (TPSA) is 62.5 Å². The summed E-state index contributed by atoms with van der Waals surface area (Å²) in [6.45, 7) is 4.48. The highest BCUT2D eigenvalue weighted by atomic mass is 15.0. The summed E-state index contributed by atoms with van der Waals surface area (Å²) < 4.78 is 0. The van der Waals surface area contributed by atoms with Crippen LogP contribution in [0.25, 0.3) is 67.5 Å². The Balaban J connectivity index is 1.15. The van der Waals surface area contributed by atoms with Crippen LogP contribution in [0.2, 0.25) is 0 Å². The second-order valence-electron chi connectivity index (χ2n) is 12.4. The van der Waals surface area contributed by atoms with E-state index in [1.54, 1.807) is 0 Å². The number of fused-ring (bicyclic) bond motifs is 3. The molecule has 0 saturated carbocycles. The molecular formula is C43H30N4. The van der Waals surface area contributed by atoms with Gasteiger partial charge in [0, 0.05) is 27.7 Å². The molecule has 4 nitrogen and oxygen atoms in total. The number of aromatic nitrogens is 3. The van der Waals surface area contributed by atoms with Crippen molar-refractivity contribution >= 4 is 0 Å². The Kier molecular flexibility index (Phi) is 6.82. The first kappa shape index (κ1) is 28.3. The Morgan fingerprint density at radius 2 is 0.915 bits per heavy atom. The molecule has 6 aromatic carbocycles. The van der Waals surface area contributed by atoms with Crippen molar-refractivity contribution in [3.8, 4) is 73.6 Å². The molecule has 1 heterocycles. The monoisotopic (exact) mass is 602 g/mol. The molecule has 0 radical (unpaired) electrons. The summed E-state index contributed by atoms with van der Waals surface area (Å²) in [6, 6.07) is 52.3. The van der Waals surface area contributed by atoms with Gasteiger partial charge in [-0.3, -0.25) is 0 Å². The summed E-state index contributed by atoms with van der Waals surface area (Å²) in [5, 5.41) is 9.91. The highest BCUT2D eigenvalue weighted by molar-refractivity contribution is 5.88. The molecule has 1 aliphatic rings. The molecule has 47 heavy (non-hydrogen) atoms. The minimum Gasteiger partial charge on any atom is -0.208 e. The van der Waals surface area contributed by atoms with Crippen molar-refractivity contribution in [3.63, 3.8) is 0 Å². The van der Waals surface area contributed by atoms with E-state index in [1.807, 2.05) is 72.8 Å². The molecule has 0 atom stereocenters. The zero-order valence-corrected chi connectivity index (χ0v) is 26.1. The van der Waals surface area contributed by atoms with E-state index in [2.05, 4.69) is 92.7 Å². The maximum absolute atomic E-state index is 9.91. The second-order valence-corrected chi connectivity index (χ2v) is 12.4. The smallest absolute Gasteiger partial charge is 0.164 e. The van der Waals surface area contributed by atoms with E-state index in [0.717, 1.165) is 55.6 Å². The third kappa shape index (κ3) is 4.99. The third-order valence-corrected chi connectivity index (χ3v) is 9.19. The number of hydrogen-bond acceptors (Lipinski definition) is 4. The molecule has 0 N–H and O–H groups in total. The maximum Gasteiger partial charge on any atom is 0.164 e. The van der Waals surface area contributed by atoms with Gasteiger partial charge in [0.25, 0.3) is 0 Å². The molecule has 0 saturated heterocycles. The normalized spacial score (nSPS) is 12.6. The van der Waals surface area contributed by atoms with Gasteiger partial charge >= 0.3 is 0 Å². The lowest BCUT2D eigenvalue weighted by Crippen LogP contribution is -2.14. The fourth-order valence-electron chi connectivity index (χ4n) is 6.70. The van der Waals surface area contributed by atoms with Crippen LogP contribution in [0.3, 0.4) is 0 Å². The fourth-order valence-corrected chi connectivity index (χ4v) is 6.70. The number of benzene rings is 6. The first-order valence-corrected chi connectivity index (χ1v) is 15.8. The lowest BCUT2D eigenvalue weighted by atomic mass is 9.82. The average Bonchev–Trinajstić information content (AvgIpc) is 3.38. The molecule has 0 unspecified atom stereocenters. The minimum atomic E-state index is -0.151. The van der Waals surface area contributed by atoms with Gasteiger partial charge in [0.1, 0.15) is 0 Å². The van der Waals surface area contributed by atoms with Gasteiger partial charge in [-0.1, -0.05) is 141 Å². The van der Waals surface area contributed by atoms with Gasteiger partial charge < -0.3 is 0 Å². The number of rotatable bonds is 5. The molecule has 8 rings (SSSR count). The van der Waals surface area contributed by atoms with Crippen molar-refractivity contribution in [1.82, 2.24) is 15.0 Å². The predicted octanol–water partition coefficient (Wildman–Crippen LogP) is 10.4. The van der Waals surface area contributed by atoms with Crippen LogP contribution in [0.1, 0.15) is 30.5 Å². The molecule has 222 valence electrons. The molecule has 7 aromatic rings. The van der Waals surface area contributed by atoms with Crippen LogP contribution in [-0.4, -0.2) is 15.0 Å². The second kappa shape index (κ2) is 11.3. The fraction of sp³-hybridized carbons (Fsp3) is 0.0698. The van der Waals surface area contributed by atoms with Crippen LogP contribution in [0.4, 0.5) is 0 Å². The van der Waals surface area contributed by atoms with Gasteiger partial charge in [0.05, 0.1) is 11.6 Å². The van der Waals surface area contributed by atoms with Crippen molar-refractivity contribution in [2.24, 2.45) is 0 Å². The quantitative estimate of drug-likeness (QED) is 0.197. The molecule has 0 spiro atoms. The van der Waals surface area contributed by atoms with Crippen LogP contribution in [0.5, 0.6) is 0 Å². The Morgan fingerprint density at radius 3 is 1.51 bits per heavy atom. The Labute approximate surface area is 274 Å². The Bertz CT molecular complexity index is 2260. The first-order chi connectivity index (χ1) is 23.0. The zero-order chi connectivity index (χ0) is 32.0. The first-order valence-electron chi connectivity index (χ1n) is 15.8.